The Balaban J connectivity index is 1.86. The molecule has 2 aromatic carbocycles. The van der Waals surface area contributed by atoms with Crippen molar-refractivity contribution in [2.75, 3.05) is 12.4 Å². The second kappa shape index (κ2) is 10.0. The van der Waals surface area contributed by atoms with Crippen LogP contribution in [0.5, 0.6) is 0 Å². The number of ether oxygens (including phenoxy) is 1. The van der Waals surface area contributed by atoms with Gasteiger partial charge in [-0.1, -0.05) is 38.5 Å². The van der Waals surface area contributed by atoms with E-state index in [1.807, 2.05) is 30.8 Å². The van der Waals surface area contributed by atoms with Crippen LogP contribution in [0.1, 0.15) is 79.9 Å². The van der Waals surface area contributed by atoms with Gasteiger partial charge in [0.2, 0.25) is 0 Å². The third kappa shape index (κ3) is 5.06. The van der Waals surface area contributed by atoms with E-state index in [0.29, 0.717) is 17.6 Å². The molecule has 0 amide bonds. The van der Waals surface area contributed by atoms with Gasteiger partial charge in [0.1, 0.15) is 0 Å². The minimum atomic E-state index is -0.289. The first-order valence-electron chi connectivity index (χ1n) is 10.7. The van der Waals surface area contributed by atoms with Gasteiger partial charge in [-0.05, 0) is 85.4 Å². The third-order valence-electron chi connectivity index (χ3n) is 5.59. The van der Waals surface area contributed by atoms with Crippen LogP contribution >= 0.6 is 11.8 Å². The number of rotatable bonds is 6. The average molecular weight is 407 g/mol. The summed E-state index contributed by atoms with van der Waals surface area (Å²) < 4.78 is 5.03. The first kappa shape index (κ1) is 21.5. The van der Waals surface area contributed by atoms with Crippen LogP contribution in [0.4, 0.5) is 0 Å². The van der Waals surface area contributed by atoms with Crippen LogP contribution in [-0.4, -0.2) is 18.3 Å². The van der Waals surface area contributed by atoms with Crippen LogP contribution in [-0.2, 0) is 10.2 Å². The van der Waals surface area contributed by atoms with Gasteiger partial charge in [0.15, 0.2) is 0 Å². The van der Waals surface area contributed by atoms with Crippen molar-refractivity contribution in [3.05, 3.63) is 64.7 Å². The number of hydrogen-bond donors (Lipinski definition) is 0. The molecule has 2 aromatic rings. The SMILES string of the molecule is CCCC1(CCC)CCSc2ccc(C#Cc3ccc(C(=O)OCC)cc3)cc21. The van der Waals surface area contributed by atoms with Gasteiger partial charge in [-0.2, -0.15) is 0 Å². The van der Waals surface area contributed by atoms with E-state index in [-0.39, 0.29) is 5.97 Å². The van der Waals surface area contributed by atoms with E-state index >= 15 is 0 Å². The summed E-state index contributed by atoms with van der Waals surface area (Å²) in [6.07, 6.45) is 6.19. The predicted octanol–water partition coefficient (Wildman–Crippen LogP) is 6.60. The van der Waals surface area contributed by atoms with Crippen LogP contribution in [0.25, 0.3) is 0 Å². The van der Waals surface area contributed by atoms with Crippen molar-refractivity contribution in [3.8, 4) is 11.8 Å². The van der Waals surface area contributed by atoms with Crippen molar-refractivity contribution in [1.29, 1.82) is 0 Å². The summed E-state index contributed by atoms with van der Waals surface area (Å²) >= 11 is 1.98. The summed E-state index contributed by atoms with van der Waals surface area (Å²) in [4.78, 5) is 13.2. The van der Waals surface area contributed by atoms with E-state index in [4.69, 9.17) is 4.74 Å². The molecule has 0 spiro atoms. The van der Waals surface area contributed by atoms with E-state index in [2.05, 4.69) is 43.9 Å². The fourth-order valence-corrected chi connectivity index (χ4v) is 5.60. The number of carbonyl (C=O) groups is 1. The van der Waals surface area contributed by atoms with Gasteiger partial charge in [0.25, 0.3) is 0 Å². The number of thioether (sulfide) groups is 1. The first-order valence-corrected chi connectivity index (χ1v) is 11.7. The maximum Gasteiger partial charge on any atom is 0.338 e. The van der Waals surface area contributed by atoms with E-state index in [1.165, 1.54) is 48.3 Å². The molecule has 29 heavy (non-hydrogen) atoms. The Kier molecular flexibility index (Phi) is 7.45. The lowest BCUT2D eigenvalue weighted by molar-refractivity contribution is 0.0526. The summed E-state index contributed by atoms with van der Waals surface area (Å²) in [6.45, 7) is 6.78. The van der Waals surface area contributed by atoms with Crippen LogP contribution < -0.4 is 0 Å². The van der Waals surface area contributed by atoms with E-state index in [0.717, 1.165) is 11.1 Å². The molecular weight excluding hydrogens is 376 g/mol. The molecule has 0 saturated carbocycles. The highest BCUT2D eigenvalue weighted by Gasteiger charge is 2.35. The molecular formula is C26H30O2S. The largest absolute Gasteiger partial charge is 0.462 e. The molecule has 0 bridgehead atoms. The number of fused-ring (bicyclic) bond motifs is 1. The lowest BCUT2D eigenvalue weighted by Gasteiger charge is -2.39. The third-order valence-corrected chi connectivity index (χ3v) is 6.67. The lowest BCUT2D eigenvalue weighted by atomic mass is 9.71. The van der Waals surface area contributed by atoms with Gasteiger partial charge in [-0.25, -0.2) is 4.79 Å². The lowest BCUT2D eigenvalue weighted by Crippen LogP contribution is -2.30. The Morgan fingerprint density at radius 3 is 2.31 bits per heavy atom. The minimum Gasteiger partial charge on any atom is -0.462 e. The minimum absolute atomic E-state index is 0.289. The van der Waals surface area contributed by atoms with Gasteiger partial charge >= 0.3 is 5.97 Å². The van der Waals surface area contributed by atoms with Gasteiger partial charge in [-0.15, -0.1) is 11.8 Å². The fraction of sp³-hybridized carbons (Fsp3) is 0.423. The monoisotopic (exact) mass is 406 g/mol. The summed E-state index contributed by atoms with van der Waals surface area (Å²) in [5.41, 5.74) is 4.34. The molecule has 3 rings (SSSR count). The van der Waals surface area contributed by atoms with Crippen LogP contribution in [0.15, 0.2) is 47.4 Å². The Hall–Kier alpha value is -2.18. The molecule has 2 nitrogen and oxygen atoms in total. The van der Waals surface area contributed by atoms with E-state index in [9.17, 15) is 4.79 Å². The molecule has 1 heterocycles. The molecule has 1 aliphatic rings. The Morgan fingerprint density at radius 1 is 1.00 bits per heavy atom. The van der Waals surface area contributed by atoms with Crippen molar-refractivity contribution < 1.29 is 9.53 Å². The highest BCUT2D eigenvalue weighted by Crippen LogP contribution is 2.47. The zero-order chi connectivity index (χ0) is 20.7. The smallest absolute Gasteiger partial charge is 0.338 e. The number of hydrogen-bond acceptors (Lipinski definition) is 3. The standard InChI is InChI=1S/C26H30O2S/c1-4-15-26(16-5-2)17-18-29-24-14-11-21(19-23(24)26)8-7-20-9-12-22(13-10-20)25(27)28-6-3/h9-14,19H,4-6,15-18H2,1-3H3. The average Bonchev–Trinajstić information content (AvgIpc) is 2.73. The van der Waals surface area contributed by atoms with Crippen molar-refractivity contribution in [2.45, 2.75) is 63.2 Å². The number of carbonyl (C=O) groups excluding carboxylic acids is 1. The molecule has 0 aromatic heterocycles. The van der Waals surface area contributed by atoms with Crippen LogP contribution in [0, 0.1) is 11.8 Å². The molecule has 0 radical (unpaired) electrons. The Bertz CT molecular complexity index is 897. The van der Waals surface area contributed by atoms with Crippen molar-refractivity contribution in [3.63, 3.8) is 0 Å². The summed E-state index contributed by atoms with van der Waals surface area (Å²) in [5.74, 6) is 7.50. The van der Waals surface area contributed by atoms with Gasteiger partial charge in [-0.3, -0.25) is 0 Å². The Morgan fingerprint density at radius 2 is 1.66 bits per heavy atom. The number of esters is 1. The predicted molar refractivity (Wildman–Crippen MR) is 122 cm³/mol. The summed E-state index contributed by atoms with van der Waals surface area (Å²) in [5, 5.41) is 0. The molecule has 1 aliphatic heterocycles. The van der Waals surface area contributed by atoms with Crippen molar-refractivity contribution >= 4 is 17.7 Å². The fourth-order valence-electron chi connectivity index (χ4n) is 4.29. The summed E-state index contributed by atoms with van der Waals surface area (Å²) in [6, 6.07) is 14.0. The zero-order valence-electron chi connectivity index (χ0n) is 17.7. The van der Waals surface area contributed by atoms with Gasteiger partial charge in [0.05, 0.1) is 12.2 Å². The van der Waals surface area contributed by atoms with E-state index in [1.54, 1.807) is 12.1 Å². The second-order valence-electron chi connectivity index (χ2n) is 7.64. The maximum absolute atomic E-state index is 11.8. The molecule has 3 heteroatoms. The molecule has 0 atom stereocenters. The zero-order valence-corrected chi connectivity index (χ0v) is 18.5. The van der Waals surface area contributed by atoms with Crippen LogP contribution in [0.3, 0.4) is 0 Å². The molecule has 0 fully saturated rings. The van der Waals surface area contributed by atoms with Crippen molar-refractivity contribution in [2.24, 2.45) is 0 Å². The molecule has 0 aliphatic carbocycles. The Labute approximate surface area is 179 Å². The van der Waals surface area contributed by atoms with Gasteiger partial charge in [0, 0.05) is 16.0 Å². The second-order valence-corrected chi connectivity index (χ2v) is 8.77. The quantitative estimate of drug-likeness (QED) is 0.399. The highest BCUT2D eigenvalue weighted by molar-refractivity contribution is 7.99. The highest BCUT2D eigenvalue weighted by atomic mass is 32.2. The molecule has 0 N–H and O–H groups in total. The molecule has 152 valence electrons. The van der Waals surface area contributed by atoms with Crippen molar-refractivity contribution in [1.82, 2.24) is 0 Å². The van der Waals surface area contributed by atoms with E-state index < -0.39 is 0 Å². The maximum atomic E-state index is 11.8. The summed E-state index contributed by atoms with van der Waals surface area (Å²) in [7, 11) is 0. The van der Waals surface area contributed by atoms with Crippen LogP contribution in [0.2, 0.25) is 0 Å². The first-order chi connectivity index (χ1) is 14.1. The normalized spacial score (nSPS) is 14.4. The van der Waals surface area contributed by atoms with Gasteiger partial charge < -0.3 is 4.74 Å². The number of benzene rings is 2. The topological polar surface area (TPSA) is 26.3 Å². The molecule has 0 unspecified atom stereocenters. The molecule has 0 saturated heterocycles.